The fraction of sp³-hybridized carbons (Fsp3) is 0.375. The zero-order chi connectivity index (χ0) is 18.5. The summed E-state index contributed by atoms with van der Waals surface area (Å²) in [5.74, 6) is -0.347. The molecule has 0 aliphatic heterocycles. The van der Waals surface area contributed by atoms with E-state index in [0.29, 0.717) is 6.42 Å². The van der Waals surface area contributed by atoms with Crippen molar-refractivity contribution in [2.75, 3.05) is 12.0 Å². The lowest BCUT2D eigenvalue weighted by atomic mass is 10.1. The molecule has 8 nitrogen and oxygen atoms in total. The van der Waals surface area contributed by atoms with Gasteiger partial charge < -0.3 is 0 Å². The van der Waals surface area contributed by atoms with Gasteiger partial charge in [0.05, 0.1) is 27.3 Å². The fourth-order valence-corrected chi connectivity index (χ4v) is 3.47. The molecule has 0 amide bonds. The molecular weight excluding hydrogens is 348 g/mol. The minimum atomic E-state index is -3.35. The number of hydrogen-bond donors (Lipinski definition) is 0. The molecule has 2 heterocycles. The van der Waals surface area contributed by atoms with Gasteiger partial charge in [-0.1, -0.05) is 6.92 Å². The molecule has 3 aromatic rings. The predicted molar refractivity (Wildman–Crippen MR) is 94.9 cm³/mol. The molecule has 0 saturated heterocycles. The van der Waals surface area contributed by atoms with Gasteiger partial charge in [0.1, 0.15) is 9.84 Å². The number of fused-ring (bicyclic) bond motifs is 2. The van der Waals surface area contributed by atoms with Crippen LogP contribution in [0.15, 0.2) is 31.3 Å². The maximum Gasteiger partial charge on any atom is 0.261 e. The van der Waals surface area contributed by atoms with Gasteiger partial charge in [0.15, 0.2) is 0 Å². The Morgan fingerprint density at radius 2 is 1.12 bits per heavy atom. The number of rotatable bonds is 5. The van der Waals surface area contributed by atoms with E-state index in [-0.39, 0.29) is 40.4 Å². The third-order valence-corrected chi connectivity index (χ3v) is 5.12. The van der Waals surface area contributed by atoms with Crippen molar-refractivity contribution in [2.45, 2.75) is 26.4 Å². The van der Waals surface area contributed by atoms with Crippen LogP contribution in [0.1, 0.15) is 13.3 Å². The van der Waals surface area contributed by atoms with Crippen molar-refractivity contribution in [2.24, 2.45) is 0 Å². The quantitative estimate of drug-likeness (QED) is 0.596. The summed E-state index contributed by atoms with van der Waals surface area (Å²) < 4.78 is 24.5. The largest absolute Gasteiger partial charge is 0.274 e. The predicted octanol–water partition coefficient (Wildman–Crippen LogP) is -0.633. The average molecular weight is 364 g/mol. The Labute approximate surface area is 141 Å². The van der Waals surface area contributed by atoms with E-state index in [4.69, 9.17) is 0 Å². The topological polar surface area (TPSA) is 112 Å². The summed E-state index contributed by atoms with van der Waals surface area (Å²) in [6.07, 6.45) is 1.61. The normalized spacial score (nSPS) is 12.4. The van der Waals surface area contributed by atoms with Crippen LogP contribution in [0.5, 0.6) is 0 Å². The number of hydrogen-bond acceptors (Lipinski definition) is 6. The highest BCUT2D eigenvalue weighted by Crippen LogP contribution is 2.14. The monoisotopic (exact) mass is 364 g/mol. The Hall–Kier alpha value is -2.55. The van der Waals surface area contributed by atoms with Crippen LogP contribution in [0.2, 0.25) is 0 Å². The van der Waals surface area contributed by atoms with Crippen molar-refractivity contribution < 1.29 is 8.42 Å². The lowest BCUT2D eigenvalue weighted by molar-refractivity contribution is 0.592. The van der Waals surface area contributed by atoms with Gasteiger partial charge in [-0.2, -0.15) is 0 Å². The smallest absolute Gasteiger partial charge is 0.261 e. The average Bonchev–Trinajstić information content (AvgIpc) is 2.91. The molecule has 0 aliphatic rings. The van der Waals surface area contributed by atoms with Gasteiger partial charge in [0.25, 0.3) is 22.2 Å². The highest BCUT2D eigenvalue weighted by atomic mass is 32.2. The first kappa shape index (κ1) is 17.3. The molecule has 0 aliphatic carbocycles. The summed E-state index contributed by atoms with van der Waals surface area (Å²) in [6, 6.07) is 2.53. The highest BCUT2D eigenvalue weighted by molar-refractivity contribution is 7.90. The van der Waals surface area contributed by atoms with Gasteiger partial charge in [0.2, 0.25) is 0 Å². The molecule has 3 rings (SSSR count). The second-order valence-electron chi connectivity index (χ2n) is 6.10. The number of sulfone groups is 1. The van der Waals surface area contributed by atoms with E-state index >= 15 is 0 Å². The Morgan fingerprint density at radius 1 is 0.760 bits per heavy atom. The van der Waals surface area contributed by atoms with Crippen molar-refractivity contribution >= 4 is 31.4 Å². The van der Waals surface area contributed by atoms with E-state index in [9.17, 15) is 27.6 Å². The molecule has 0 atom stereocenters. The summed E-state index contributed by atoms with van der Waals surface area (Å²) in [4.78, 5) is 49.5. The minimum absolute atomic E-state index is 0.0248. The number of benzene rings is 1. The molecule has 0 spiro atoms. The fourth-order valence-electron chi connectivity index (χ4n) is 2.96. The molecule has 2 aromatic heterocycles. The van der Waals surface area contributed by atoms with E-state index < -0.39 is 32.1 Å². The Bertz CT molecular complexity index is 1220. The van der Waals surface area contributed by atoms with Crippen LogP contribution in [0.3, 0.4) is 0 Å². The zero-order valence-electron chi connectivity index (χ0n) is 13.7. The lowest BCUT2D eigenvalue weighted by Crippen LogP contribution is -2.28. The van der Waals surface area contributed by atoms with Crippen LogP contribution in [0.4, 0.5) is 0 Å². The Morgan fingerprint density at radius 3 is 1.44 bits per heavy atom. The van der Waals surface area contributed by atoms with Crippen LogP contribution < -0.4 is 22.2 Å². The molecule has 1 aromatic carbocycles. The summed E-state index contributed by atoms with van der Waals surface area (Å²) >= 11 is 0. The molecule has 25 heavy (non-hydrogen) atoms. The first-order valence-corrected chi connectivity index (χ1v) is 9.80. The molecule has 0 radical (unpaired) electrons. The van der Waals surface area contributed by atoms with Crippen molar-refractivity contribution in [3.63, 3.8) is 0 Å². The summed E-state index contributed by atoms with van der Waals surface area (Å²) in [5.41, 5.74) is -2.28. The number of aromatic nitrogens is 2. The van der Waals surface area contributed by atoms with Gasteiger partial charge in [-0.3, -0.25) is 28.3 Å². The van der Waals surface area contributed by atoms with Crippen molar-refractivity contribution in [3.05, 3.63) is 53.5 Å². The molecule has 0 saturated carbocycles. The van der Waals surface area contributed by atoms with Crippen LogP contribution in [0.25, 0.3) is 21.5 Å². The Balaban J connectivity index is 2.31. The number of nitrogens with zero attached hydrogens (tertiary/aromatic N) is 2. The summed E-state index contributed by atoms with van der Waals surface area (Å²) in [7, 11) is -3.35. The highest BCUT2D eigenvalue weighted by Gasteiger charge is 2.19. The van der Waals surface area contributed by atoms with Gasteiger partial charge in [-0.15, -0.1) is 0 Å². The summed E-state index contributed by atoms with van der Waals surface area (Å²) in [6.45, 7) is 1.83. The second-order valence-corrected chi connectivity index (χ2v) is 8.36. The van der Waals surface area contributed by atoms with E-state index in [0.717, 1.165) is 15.4 Å². The first-order valence-electron chi connectivity index (χ1n) is 7.74. The van der Waals surface area contributed by atoms with Crippen LogP contribution in [-0.4, -0.2) is 29.6 Å². The van der Waals surface area contributed by atoms with Gasteiger partial charge in [-0.05, 0) is 18.6 Å². The molecular formula is C16H16N2O6S. The second kappa shape index (κ2) is 5.76. The standard InChI is InChI=1S/C16H16N2O6S/c1-3-4-17-13(19)9-7-11-12(8-10(9)14(17)20)16(22)18(15(11)21)5-6-25(2,23)24/h7-8H,3-6H2,1-2H3. The molecule has 0 unspecified atom stereocenters. The zero-order valence-corrected chi connectivity index (χ0v) is 14.6. The van der Waals surface area contributed by atoms with E-state index in [2.05, 4.69) is 0 Å². The minimum Gasteiger partial charge on any atom is -0.274 e. The summed E-state index contributed by atoms with van der Waals surface area (Å²) in [5, 5.41) is 0.250. The molecule has 132 valence electrons. The van der Waals surface area contributed by atoms with Crippen molar-refractivity contribution in [3.8, 4) is 0 Å². The lowest BCUT2D eigenvalue weighted by Gasteiger charge is -1.97. The van der Waals surface area contributed by atoms with E-state index in [1.165, 1.54) is 12.1 Å². The maximum absolute atomic E-state index is 12.4. The maximum atomic E-state index is 12.4. The molecule has 0 bridgehead atoms. The molecule has 0 fully saturated rings. The van der Waals surface area contributed by atoms with Crippen LogP contribution >= 0.6 is 0 Å². The van der Waals surface area contributed by atoms with Gasteiger partial charge in [0, 0.05) is 19.3 Å². The van der Waals surface area contributed by atoms with E-state index in [1.807, 2.05) is 6.92 Å². The van der Waals surface area contributed by atoms with Gasteiger partial charge >= 0.3 is 0 Å². The first-order chi connectivity index (χ1) is 11.7. The molecule has 0 N–H and O–H groups in total. The van der Waals surface area contributed by atoms with Gasteiger partial charge in [-0.25, -0.2) is 8.42 Å². The van der Waals surface area contributed by atoms with E-state index in [1.54, 1.807) is 0 Å². The third-order valence-electron chi connectivity index (χ3n) is 4.19. The van der Waals surface area contributed by atoms with Crippen LogP contribution in [-0.2, 0) is 22.9 Å². The third kappa shape index (κ3) is 2.74. The SMILES string of the molecule is CCCn1c(=O)c2cc3c(=O)n(CCS(C)(=O)=O)c(=O)c3cc2c1=O. The Kier molecular flexibility index (Phi) is 3.98. The molecule has 9 heteroatoms. The van der Waals surface area contributed by atoms with Crippen molar-refractivity contribution in [1.82, 2.24) is 9.13 Å². The van der Waals surface area contributed by atoms with Crippen LogP contribution in [0, 0.1) is 0 Å². The van der Waals surface area contributed by atoms with Crippen molar-refractivity contribution in [1.29, 1.82) is 0 Å².